The van der Waals surface area contributed by atoms with Crippen LogP contribution >= 0.6 is 0 Å². The number of carbonyl (C=O) groups excluding carboxylic acids is 1. The van der Waals surface area contributed by atoms with Crippen molar-refractivity contribution in [1.29, 1.82) is 0 Å². The maximum atomic E-state index is 9.95. The molecule has 1 heteroatoms. The SMILES string of the molecule is C/C=C/CCCCCCC/C=C/C=O. The lowest BCUT2D eigenvalue weighted by molar-refractivity contribution is -0.104. The Labute approximate surface area is 87.9 Å². The average molecular weight is 194 g/mol. The highest BCUT2D eigenvalue weighted by atomic mass is 16.1. The summed E-state index contributed by atoms with van der Waals surface area (Å²) in [6.07, 6.45) is 17.5. The van der Waals surface area contributed by atoms with E-state index in [4.69, 9.17) is 0 Å². The summed E-state index contributed by atoms with van der Waals surface area (Å²) in [6, 6.07) is 0. The minimum Gasteiger partial charge on any atom is -0.299 e. The van der Waals surface area contributed by atoms with Crippen molar-refractivity contribution in [3.8, 4) is 0 Å². The van der Waals surface area contributed by atoms with E-state index in [1.54, 1.807) is 6.08 Å². The highest BCUT2D eigenvalue weighted by molar-refractivity contribution is 5.64. The highest BCUT2D eigenvalue weighted by Crippen LogP contribution is 2.07. The molecule has 0 bridgehead atoms. The van der Waals surface area contributed by atoms with E-state index in [0.717, 1.165) is 12.7 Å². The molecule has 0 unspecified atom stereocenters. The van der Waals surface area contributed by atoms with E-state index >= 15 is 0 Å². The van der Waals surface area contributed by atoms with E-state index in [9.17, 15) is 4.79 Å². The minimum absolute atomic E-state index is 0.844. The first-order valence-electron chi connectivity index (χ1n) is 5.63. The molecule has 0 atom stereocenters. The standard InChI is InChI=1S/C13H22O/c1-2-3-4-5-6-7-8-9-10-11-12-13-14/h2-3,11-13H,4-10H2,1H3/b3-2+,12-11+. The van der Waals surface area contributed by atoms with E-state index in [1.165, 1.54) is 38.5 Å². The summed E-state index contributed by atoms with van der Waals surface area (Å²) >= 11 is 0. The van der Waals surface area contributed by atoms with Crippen LogP contribution in [0.25, 0.3) is 0 Å². The van der Waals surface area contributed by atoms with Crippen LogP contribution in [0.2, 0.25) is 0 Å². The second-order valence-corrected chi connectivity index (χ2v) is 3.48. The number of aldehydes is 1. The molecule has 0 aromatic heterocycles. The zero-order valence-corrected chi connectivity index (χ0v) is 9.24. The van der Waals surface area contributed by atoms with Gasteiger partial charge >= 0.3 is 0 Å². The summed E-state index contributed by atoms with van der Waals surface area (Å²) in [5.74, 6) is 0. The Morgan fingerprint density at radius 1 is 0.857 bits per heavy atom. The Kier molecular flexibility index (Phi) is 11.4. The van der Waals surface area contributed by atoms with Crippen molar-refractivity contribution in [2.75, 3.05) is 0 Å². The maximum Gasteiger partial charge on any atom is 0.142 e. The molecule has 0 aromatic rings. The second-order valence-electron chi connectivity index (χ2n) is 3.48. The van der Waals surface area contributed by atoms with Gasteiger partial charge in [0.2, 0.25) is 0 Å². The van der Waals surface area contributed by atoms with Crippen molar-refractivity contribution in [2.45, 2.75) is 51.9 Å². The zero-order chi connectivity index (χ0) is 10.5. The van der Waals surface area contributed by atoms with Crippen molar-refractivity contribution in [3.63, 3.8) is 0 Å². The fourth-order valence-corrected chi connectivity index (χ4v) is 1.37. The Bertz CT molecular complexity index is 168. The molecule has 0 rings (SSSR count). The molecule has 14 heavy (non-hydrogen) atoms. The fraction of sp³-hybridized carbons (Fsp3) is 0.615. The van der Waals surface area contributed by atoms with E-state index in [0.29, 0.717) is 0 Å². The molecule has 0 aliphatic heterocycles. The van der Waals surface area contributed by atoms with Gasteiger partial charge in [0.05, 0.1) is 0 Å². The lowest BCUT2D eigenvalue weighted by Gasteiger charge is -1.97. The number of rotatable bonds is 9. The molecule has 0 saturated carbocycles. The summed E-state index contributed by atoms with van der Waals surface area (Å²) in [5, 5.41) is 0. The van der Waals surface area contributed by atoms with Crippen molar-refractivity contribution >= 4 is 6.29 Å². The van der Waals surface area contributed by atoms with Crippen molar-refractivity contribution < 1.29 is 4.79 Å². The van der Waals surface area contributed by atoms with Crippen LogP contribution in [0.15, 0.2) is 24.3 Å². The minimum atomic E-state index is 0.844. The third kappa shape index (κ3) is 11.2. The molecular weight excluding hydrogens is 172 g/mol. The van der Waals surface area contributed by atoms with E-state index in [1.807, 2.05) is 6.08 Å². The summed E-state index contributed by atoms with van der Waals surface area (Å²) in [6.45, 7) is 2.07. The lowest BCUT2D eigenvalue weighted by Crippen LogP contribution is -1.78. The summed E-state index contributed by atoms with van der Waals surface area (Å²) in [7, 11) is 0. The highest BCUT2D eigenvalue weighted by Gasteiger charge is 1.88. The molecule has 0 spiro atoms. The van der Waals surface area contributed by atoms with Crippen LogP contribution in [-0.2, 0) is 4.79 Å². The lowest BCUT2D eigenvalue weighted by atomic mass is 10.1. The van der Waals surface area contributed by atoms with Gasteiger partial charge in [-0.1, -0.05) is 37.5 Å². The molecule has 0 radical (unpaired) electrons. The Morgan fingerprint density at radius 2 is 1.43 bits per heavy atom. The number of hydrogen-bond donors (Lipinski definition) is 0. The normalized spacial score (nSPS) is 11.5. The zero-order valence-electron chi connectivity index (χ0n) is 9.24. The number of hydrogen-bond acceptors (Lipinski definition) is 1. The Hall–Kier alpha value is -0.850. The largest absolute Gasteiger partial charge is 0.299 e. The van der Waals surface area contributed by atoms with Crippen LogP contribution < -0.4 is 0 Å². The third-order valence-corrected chi connectivity index (χ3v) is 2.19. The predicted molar refractivity (Wildman–Crippen MR) is 62.3 cm³/mol. The third-order valence-electron chi connectivity index (χ3n) is 2.19. The monoisotopic (exact) mass is 194 g/mol. The molecule has 0 N–H and O–H groups in total. The summed E-state index contributed by atoms with van der Waals surface area (Å²) in [4.78, 5) is 9.95. The molecule has 1 nitrogen and oxygen atoms in total. The predicted octanol–water partition coefficient (Wildman–Crippen LogP) is 4.05. The summed E-state index contributed by atoms with van der Waals surface area (Å²) in [5.41, 5.74) is 0. The molecule has 80 valence electrons. The number of carbonyl (C=O) groups is 1. The van der Waals surface area contributed by atoms with Gasteiger partial charge in [-0.3, -0.25) is 4.79 Å². The van der Waals surface area contributed by atoms with Gasteiger partial charge in [0.15, 0.2) is 0 Å². The molecule has 0 heterocycles. The first-order valence-corrected chi connectivity index (χ1v) is 5.63. The number of unbranched alkanes of at least 4 members (excludes halogenated alkanes) is 6. The van der Waals surface area contributed by atoms with Crippen LogP contribution in [0.4, 0.5) is 0 Å². The maximum absolute atomic E-state index is 9.95. The molecular formula is C13H22O. The van der Waals surface area contributed by atoms with Gasteiger partial charge in [-0.15, -0.1) is 0 Å². The van der Waals surface area contributed by atoms with Gasteiger partial charge in [0.25, 0.3) is 0 Å². The van der Waals surface area contributed by atoms with E-state index in [-0.39, 0.29) is 0 Å². The van der Waals surface area contributed by atoms with Gasteiger partial charge in [-0.05, 0) is 38.7 Å². The van der Waals surface area contributed by atoms with Crippen molar-refractivity contribution in [3.05, 3.63) is 24.3 Å². The molecule has 0 aliphatic carbocycles. The first kappa shape index (κ1) is 13.2. The molecule has 0 amide bonds. The van der Waals surface area contributed by atoms with Crippen LogP contribution in [0, 0.1) is 0 Å². The van der Waals surface area contributed by atoms with Gasteiger partial charge < -0.3 is 0 Å². The van der Waals surface area contributed by atoms with E-state index < -0.39 is 0 Å². The fourth-order valence-electron chi connectivity index (χ4n) is 1.37. The Morgan fingerprint density at radius 3 is 2.00 bits per heavy atom. The second kappa shape index (κ2) is 12.2. The van der Waals surface area contributed by atoms with Gasteiger partial charge in [-0.25, -0.2) is 0 Å². The summed E-state index contributed by atoms with van der Waals surface area (Å²) < 4.78 is 0. The van der Waals surface area contributed by atoms with Crippen LogP contribution in [0.3, 0.4) is 0 Å². The quantitative estimate of drug-likeness (QED) is 0.234. The van der Waals surface area contributed by atoms with Crippen LogP contribution in [0.1, 0.15) is 51.9 Å². The van der Waals surface area contributed by atoms with Crippen molar-refractivity contribution in [2.24, 2.45) is 0 Å². The topological polar surface area (TPSA) is 17.1 Å². The van der Waals surface area contributed by atoms with Gasteiger partial charge in [0, 0.05) is 0 Å². The molecule has 0 fully saturated rings. The van der Waals surface area contributed by atoms with Crippen molar-refractivity contribution in [1.82, 2.24) is 0 Å². The average Bonchev–Trinajstić information content (AvgIpc) is 2.21. The smallest absolute Gasteiger partial charge is 0.142 e. The molecule has 0 saturated heterocycles. The molecule has 0 aliphatic rings. The Balaban J connectivity index is 2.98. The van der Waals surface area contributed by atoms with Crippen LogP contribution in [-0.4, -0.2) is 6.29 Å². The van der Waals surface area contributed by atoms with Gasteiger partial charge in [0.1, 0.15) is 6.29 Å². The first-order chi connectivity index (χ1) is 6.91. The molecule has 0 aromatic carbocycles. The van der Waals surface area contributed by atoms with Gasteiger partial charge in [-0.2, -0.15) is 0 Å². The van der Waals surface area contributed by atoms with E-state index in [2.05, 4.69) is 19.1 Å². The van der Waals surface area contributed by atoms with Crippen LogP contribution in [0.5, 0.6) is 0 Å². The number of allylic oxidation sites excluding steroid dienone is 4.